The maximum absolute atomic E-state index is 11.5. The maximum atomic E-state index is 11.5. The van der Waals surface area contributed by atoms with Crippen molar-refractivity contribution in [1.82, 2.24) is 10.6 Å². The van der Waals surface area contributed by atoms with E-state index in [0.717, 1.165) is 19.6 Å². The van der Waals surface area contributed by atoms with Gasteiger partial charge in [0.2, 0.25) is 5.91 Å². The van der Waals surface area contributed by atoms with Crippen LogP contribution in [-0.2, 0) is 11.3 Å². The van der Waals surface area contributed by atoms with Gasteiger partial charge >= 0.3 is 0 Å². The van der Waals surface area contributed by atoms with E-state index in [-0.39, 0.29) is 5.91 Å². The van der Waals surface area contributed by atoms with Gasteiger partial charge in [-0.3, -0.25) is 4.79 Å². The normalized spacial score (nSPS) is 19.4. The van der Waals surface area contributed by atoms with Crippen molar-refractivity contribution < 1.29 is 4.79 Å². The molecule has 1 aromatic rings. The Morgan fingerprint density at radius 1 is 1.42 bits per heavy atom. The molecule has 1 saturated carbocycles. The lowest BCUT2D eigenvalue weighted by Gasteiger charge is -2.30. The van der Waals surface area contributed by atoms with E-state index in [1.165, 1.54) is 29.7 Å². The third-order valence-corrected chi connectivity index (χ3v) is 3.77. The fourth-order valence-corrected chi connectivity index (χ4v) is 2.55. The third-order valence-electron chi connectivity index (χ3n) is 3.77. The lowest BCUT2D eigenvalue weighted by atomic mass is 10.1. The molecule has 0 spiro atoms. The standard InChI is InChI=1S/C15H21N3O/c1-11-2-5-14(18-7-6-16-15(19)10-18)12(8-11)9-17-13-3-4-13/h2,5,8,13,17H,3-4,6-7,9-10H2,1H3,(H,16,19). The fourth-order valence-electron chi connectivity index (χ4n) is 2.55. The van der Waals surface area contributed by atoms with E-state index < -0.39 is 0 Å². The van der Waals surface area contributed by atoms with Gasteiger partial charge < -0.3 is 15.5 Å². The highest BCUT2D eigenvalue weighted by Crippen LogP contribution is 2.25. The first kappa shape index (κ1) is 12.5. The number of carbonyl (C=O) groups excluding carboxylic acids is 1. The van der Waals surface area contributed by atoms with Gasteiger partial charge in [-0.25, -0.2) is 0 Å². The van der Waals surface area contributed by atoms with Crippen molar-refractivity contribution in [2.45, 2.75) is 32.4 Å². The van der Waals surface area contributed by atoms with Crippen LogP contribution in [0, 0.1) is 6.92 Å². The van der Waals surface area contributed by atoms with Crippen LogP contribution in [0.3, 0.4) is 0 Å². The Bertz CT molecular complexity index is 482. The minimum Gasteiger partial charge on any atom is -0.360 e. The molecule has 1 aliphatic carbocycles. The molecule has 0 unspecified atom stereocenters. The predicted molar refractivity (Wildman–Crippen MR) is 76.3 cm³/mol. The number of anilines is 1. The summed E-state index contributed by atoms with van der Waals surface area (Å²) < 4.78 is 0. The highest BCUT2D eigenvalue weighted by atomic mass is 16.2. The number of amides is 1. The second kappa shape index (κ2) is 5.21. The summed E-state index contributed by atoms with van der Waals surface area (Å²) in [7, 11) is 0. The monoisotopic (exact) mass is 259 g/mol. The largest absolute Gasteiger partial charge is 0.360 e. The first-order valence-corrected chi connectivity index (χ1v) is 7.07. The quantitative estimate of drug-likeness (QED) is 0.853. The Hall–Kier alpha value is -1.55. The highest BCUT2D eigenvalue weighted by molar-refractivity contribution is 5.83. The van der Waals surface area contributed by atoms with Crippen LogP contribution in [0.15, 0.2) is 18.2 Å². The van der Waals surface area contributed by atoms with Gasteiger partial charge in [-0.15, -0.1) is 0 Å². The van der Waals surface area contributed by atoms with E-state index >= 15 is 0 Å². The van der Waals surface area contributed by atoms with Gasteiger partial charge in [-0.1, -0.05) is 17.7 Å². The van der Waals surface area contributed by atoms with Crippen molar-refractivity contribution >= 4 is 11.6 Å². The first-order valence-electron chi connectivity index (χ1n) is 7.07. The van der Waals surface area contributed by atoms with Gasteiger partial charge in [0.05, 0.1) is 6.54 Å². The number of hydrogen-bond acceptors (Lipinski definition) is 3. The van der Waals surface area contributed by atoms with E-state index in [2.05, 4.69) is 40.7 Å². The third kappa shape index (κ3) is 3.07. The van der Waals surface area contributed by atoms with Gasteiger partial charge in [0.1, 0.15) is 0 Å². The van der Waals surface area contributed by atoms with Gasteiger partial charge in [0.15, 0.2) is 0 Å². The Morgan fingerprint density at radius 2 is 2.26 bits per heavy atom. The summed E-state index contributed by atoms with van der Waals surface area (Å²) >= 11 is 0. The topological polar surface area (TPSA) is 44.4 Å². The van der Waals surface area contributed by atoms with Crippen molar-refractivity contribution in [2.24, 2.45) is 0 Å². The van der Waals surface area contributed by atoms with Crippen LogP contribution >= 0.6 is 0 Å². The van der Waals surface area contributed by atoms with Gasteiger partial charge in [0.25, 0.3) is 0 Å². The van der Waals surface area contributed by atoms with Crippen LogP contribution in [0.5, 0.6) is 0 Å². The summed E-state index contributed by atoms with van der Waals surface area (Å²) in [6.45, 7) is 5.13. The van der Waals surface area contributed by atoms with E-state index in [4.69, 9.17) is 0 Å². The number of benzene rings is 1. The zero-order valence-electron chi connectivity index (χ0n) is 11.4. The molecular formula is C15H21N3O. The molecule has 1 saturated heterocycles. The van der Waals surface area contributed by atoms with Crippen LogP contribution in [0.25, 0.3) is 0 Å². The summed E-state index contributed by atoms with van der Waals surface area (Å²) in [5.41, 5.74) is 3.79. The van der Waals surface area contributed by atoms with Crippen LogP contribution < -0.4 is 15.5 Å². The van der Waals surface area contributed by atoms with Crippen molar-refractivity contribution in [1.29, 1.82) is 0 Å². The zero-order valence-corrected chi connectivity index (χ0v) is 11.4. The Labute approximate surface area is 114 Å². The van der Waals surface area contributed by atoms with E-state index in [0.29, 0.717) is 12.6 Å². The molecular weight excluding hydrogens is 238 g/mol. The van der Waals surface area contributed by atoms with Crippen LogP contribution in [0.1, 0.15) is 24.0 Å². The molecule has 0 radical (unpaired) electrons. The average molecular weight is 259 g/mol. The molecule has 0 aromatic heterocycles. The number of nitrogens with one attached hydrogen (secondary N) is 2. The smallest absolute Gasteiger partial charge is 0.239 e. The van der Waals surface area contributed by atoms with Gasteiger partial charge in [-0.2, -0.15) is 0 Å². The van der Waals surface area contributed by atoms with Crippen LogP contribution in [0.4, 0.5) is 5.69 Å². The minimum atomic E-state index is 0.118. The van der Waals surface area contributed by atoms with E-state index in [1.54, 1.807) is 0 Å². The molecule has 0 atom stereocenters. The molecule has 102 valence electrons. The molecule has 1 aliphatic heterocycles. The van der Waals surface area contributed by atoms with Crippen LogP contribution in [0.2, 0.25) is 0 Å². The molecule has 0 bridgehead atoms. The molecule has 1 heterocycles. The second-order valence-corrected chi connectivity index (χ2v) is 5.56. The Kier molecular flexibility index (Phi) is 3.42. The second-order valence-electron chi connectivity index (χ2n) is 5.56. The molecule has 3 rings (SSSR count). The number of aryl methyl sites for hydroxylation is 1. The molecule has 2 N–H and O–H groups in total. The molecule has 19 heavy (non-hydrogen) atoms. The number of nitrogens with zero attached hydrogens (tertiary/aromatic N) is 1. The SMILES string of the molecule is Cc1ccc(N2CCNC(=O)C2)c(CNC2CC2)c1. The van der Waals surface area contributed by atoms with Gasteiger partial charge in [-0.05, 0) is 31.4 Å². The number of carbonyl (C=O) groups is 1. The molecule has 1 amide bonds. The number of piperazine rings is 1. The Balaban J connectivity index is 1.79. The van der Waals surface area contributed by atoms with Gasteiger partial charge in [0, 0.05) is 31.4 Å². The zero-order chi connectivity index (χ0) is 13.2. The van der Waals surface area contributed by atoms with Crippen molar-refractivity contribution in [2.75, 3.05) is 24.5 Å². The number of rotatable bonds is 4. The highest BCUT2D eigenvalue weighted by Gasteiger charge is 2.22. The molecule has 2 aliphatic rings. The molecule has 1 aromatic carbocycles. The lowest BCUT2D eigenvalue weighted by molar-refractivity contribution is -0.120. The molecule has 4 nitrogen and oxygen atoms in total. The van der Waals surface area contributed by atoms with Crippen molar-refractivity contribution in [3.05, 3.63) is 29.3 Å². The summed E-state index contributed by atoms with van der Waals surface area (Å²) in [5.74, 6) is 0.118. The molecule has 4 heteroatoms. The van der Waals surface area contributed by atoms with Crippen LogP contribution in [-0.4, -0.2) is 31.6 Å². The maximum Gasteiger partial charge on any atom is 0.239 e. The van der Waals surface area contributed by atoms with Crippen molar-refractivity contribution in [3.63, 3.8) is 0 Å². The minimum absolute atomic E-state index is 0.118. The molecule has 2 fully saturated rings. The first-order chi connectivity index (χ1) is 9.22. The number of hydrogen-bond donors (Lipinski definition) is 2. The summed E-state index contributed by atoms with van der Waals surface area (Å²) in [6.07, 6.45) is 2.60. The lowest BCUT2D eigenvalue weighted by Crippen LogP contribution is -2.48. The average Bonchev–Trinajstić information content (AvgIpc) is 3.20. The fraction of sp³-hybridized carbons (Fsp3) is 0.533. The van der Waals surface area contributed by atoms with E-state index in [1.807, 2.05) is 0 Å². The Morgan fingerprint density at radius 3 is 3.00 bits per heavy atom. The van der Waals surface area contributed by atoms with Crippen molar-refractivity contribution in [3.8, 4) is 0 Å². The summed E-state index contributed by atoms with van der Waals surface area (Å²) in [6, 6.07) is 7.22. The van der Waals surface area contributed by atoms with E-state index in [9.17, 15) is 4.79 Å². The summed E-state index contributed by atoms with van der Waals surface area (Å²) in [5, 5.41) is 6.44. The predicted octanol–water partition coefficient (Wildman–Crippen LogP) is 1.18. The summed E-state index contributed by atoms with van der Waals surface area (Å²) in [4.78, 5) is 13.7.